The van der Waals surface area contributed by atoms with E-state index in [9.17, 15) is 0 Å². The smallest absolute Gasteiger partial charge is 0.164 e. The monoisotopic (exact) mass is 765 g/mol. The Morgan fingerprint density at radius 1 is 0.383 bits per heavy atom. The molecule has 0 saturated carbocycles. The van der Waals surface area contributed by atoms with Crippen LogP contribution in [0, 0.1) is 0 Å². The van der Waals surface area contributed by atoms with Gasteiger partial charge in [0, 0.05) is 38.4 Å². The lowest BCUT2D eigenvalue weighted by atomic mass is 9.81. The highest BCUT2D eigenvalue weighted by atomic mass is 16.3. The van der Waals surface area contributed by atoms with E-state index in [1.54, 1.807) is 0 Å². The number of nitrogens with zero attached hydrogens (tertiary/aromatic N) is 3. The van der Waals surface area contributed by atoms with E-state index in [4.69, 9.17) is 19.4 Å². The maximum atomic E-state index is 6.87. The minimum absolute atomic E-state index is 0.268. The third kappa shape index (κ3) is 4.64. The Labute approximate surface area is 345 Å². The molecule has 60 heavy (non-hydrogen) atoms. The second-order valence-electron chi connectivity index (χ2n) is 16.7. The van der Waals surface area contributed by atoms with Crippen LogP contribution in [0.15, 0.2) is 180 Å². The number of rotatable bonds is 3. The first-order valence-electron chi connectivity index (χ1n) is 20.6. The Balaban J connectivity index is 1.12. The molecule has 10 aromatic carbocycles. The van der Waals surface area contributed by atoms with E-state index >= 15 is 0 Å². The average molecular weight is 766 g/mol. The Morgan fingerprint density at radius 2 is 0.983 bits per heavy atom. The van der Waals surface area contributed by atoms with Crippen molar-refractivity contribution >= 4 is 75.8 Å². The number of furan rings is 1. The van der Waals surface area contributed by atoms with Gasteiger partial charge in [0.25, 0.3) is 0 Å². The van der Waals surface area contributed by atoms with Crippen LogP contribution < -0.4 is 0 Å². The Kier molecular flexibility index (Phi) is 6.75. The zero-order chi connectivity index (χ0) is 39.7. The van der Waals surface area contributed by atoms with Crippen molar-refractivity contribution in [1.82, 2.24) is 15.0 Å². The highest BCUT2D eigenvalue weighted by molar-refractivity contribution is 6.25. The Bertz CT molecular complexity index is 3810. The highest BCUT2D eigenvalue weighted by Crippen LogP contribution is 2.54. The van der Waals surface area contributed by atoms with Crippen LogP contribution in [-0.2, 0) is 5.41 Å². The minimum Gasteiger partial charge on any atom is -0.455 e. The van der Waals surface area contributed by atoms with Crippen LogP contribution in [0.4, 0.5) is 0 Å². The molecule has 0 radical (unpaired) electrons. The van der Waals surface area contributed by atoms with E-state index in [0.717, 1.165) is 55.0 Å². The van der Waals surface area contributed by atoms with Crippen molar-refractivity contribution in [1.29, 1.82) is 0 Å². The van der Waals surface area contributed by atoms with Crippen LogP contribution >= 0.6 is 0 Å². The number of fused-ring (bicyclic) bond motifs is 15. The molecule has 13 rings (SSSR count). The lowest BCUT2D eigenvalue weighted by molar-refractivity contribution is 0.653. The first-order valence-corrected chi connectivity index (χ1v) is 20.6. The molecular formula is C56H35N3O. The molecule has 1 aliphatic rings. The van der Waals surface area contributed by atoms with Crippen molar-refractivity contribution in [3.05, 3.63) is 187 Å². The number of para-hydroxylation sites is 1. The van der Waals surface area contributed by atoms with Gasteiger partial charge in [-0.3, -0.25) is 0 Å². The Morgan fingerprint density at radius 3 is 1.87 bits per heavy atom. The molecule has 0 atom stereocenters. The van der Waals surface area contributed by atoms with Gasteiger partial charge in [0.2, 0.25) is 0 Å². The predicted octanol–water partition coefficient (Wildman–Crippen LogP) is 14.8. The molecule has 0 aliphatic heterocycles. The van der Waals surface area contributed by atoms with Gasteiger partial charge in [0.05, 0.1) is 0 Å². The molecule has 2 heterocycles. The molecule has 0 N–H and O–H groups in total. The third-order valence-electron chi connectivity index (χ3n) is 13.1. The summed E-state index contributed by atoms with van der Waals surface area (Å²) in [6, 6.07) is 63.0. The van der Waals surface area contributed by atoms with Gasteiger partial charge in [-0.15, -0.1) is 0 Å². The molecule has 0 bridgehead atoms. The molecule has 2 aromatic heterocycles. The molecule has 0 unspecified atom stereocenters. The number of benzene rings is 10. The Hall–Kier alpha value is -7.69. The van der Waals surface area contributed by atoms with Crippen LogP contribution in [0.2, 0.25) is 0 Å². The van der Waals surface area contributed by atoms with Crippen LogP contribution in [-0.4, -0.2) is 15.0 Å². The summed E-state index contributed by atoms with van der Waals surface area (Å²) in [6.45, 7) is 4.62. The standard InChI is InChI=1S/C56H35N3O/c1-56(2)46-20-9-7-17-42(46)51-47(56)31-45(50-43-18-8-10-21-48(43)60-52(50)51)55-58-53(57-54(59-55)41-19-11-14-32-12-3-6-16-38(32)41)36-25-23-34-22-24-35-27-28-39-37-15-5-4-13-33(37)26-29-40(39)49(35)44(34)30-36/h3-31H,1-2H3. The fraction of sp³-hybridized carbons (Fsp3) is 0.0536. The number of hydrogen-bond donors (Lipinski definition) is 0. The third-order valence-corrected chi connectivity index (χ3v) is 13.1. The van der Waals surface area contributed by atoms with Crippen molar-refractivity contribution in [2.45, 2.75) is 19.3 Å². The predicted molar refractivity (Wildman–Crippen MR) is 249 cm³/mol. The lowest BCUT2D eigenvalue weighted by Crippen LogP contribution is -2.15. The van der Waals surface area contributed by atoms with Crippen LogP contribution in [0.5, 0.6) is 0 Å². The van der Waals surface area contributed by atoms with E-state index in [1.807, 2.05) is 6.07 Å². The molecule has 0 spiro atoms. The molecule has 1 aliphatic carbocycles. The quantitative estimate of drug-likeness (QED) is 0.168. The van der Waals surface area contributed by atoms with Gasteiger partial charge >= 0.3 is 0 Å². The number of hydrogen-bond acceptors (Lipinski definition) is 4. The summed E-state index contributed by atoms with van der Waals surface area (Å²) in [5, 5.41) is 14.0. The summed E-state index contributed by atoms with van der Waals surface area (Å²) in [5.74, 6) is 1.87. The van der Waals surface area contributed by atoms with E-state index in [2.05, 4.69) is 184 Å². The van der Waals surface area contributed by atoms with Gasteiger partial charge < -0.3 is 4.42 Å². The topological polar surface area (TPSA) is 51.8 Å². The van der Waals surface area contributed by atoms with Gasteiger partial charge in [0.1, 0.15) is 11.2 Å². The average Bonchev–Trinajstić information content (AvgIpc) is 3.80. The summed E-state index contributed by atoms with van der Waals surface area (Å²) >= 11 is 0. The van der Waals surface area contributed by atoms with Gasteiger partial charge in [-0.25, -0.2) is 15.0 Å². The molecular weight excluding hydrogens is 731 g/mol. The SMILES string of the molecule is CC1(C)c2ccccc2-c2c1cc(-c1nc(-c3ccc4ccc5ccc6c7ccccc7ccc6c5c4c3)nc(-c3cccc4ccccc34)n1)c1c2oc2ccccc21. The second kappa shape index (κ2) is 12.2. The number of aromatic nitrogens is 3. The molecule has 12 aromatic rings. The van der Waals surface area contributed by atoms with Crippen molar-refractivity contribution in [3.8, 4) is 45.3 Å². The molecule has 0 saturated heterocycles. The van der Waals surface area contributed by atoms with Gasteiger partial charge in [-0.05, 0) is 88.8 Å². The zero-order valence-electron chi connectivity index (χ0n) is 33.0. The van der Waals surface area contributed by atoms with Crippen molar-refractivity contribution in [2.24, 2.45) is 0 Å². The molecule has 280 valence electrons. The van der Waals surface area contributed by atoms with E-state index < -0.39 is 0 Å². The maximum Gasteiger partial charge on any atom is 0.164 e. The molecule has 0 fully saturated rings. The fourth-order valence-electron chi connectivity index (χ4n) is 10.2. The van der Waals surface area contributed by atoms with Crippen molar-refractivity contribution in [3.63, 3.8) is 0 Å². The largest absolute Gasteiger partial charge is 0.455 e. The van der Waals surface area contributed by atoms with E-state index in [1.165, 1.54) is 59.8 Å². The summed E-state index contributed by atoms with van der Waals surface area (Å²) in [7, 11) is 0. The maximum absolute atomic E-state index is 6.87. The van der Waals surface area contributed by atoms with Gasteiger partial charge in [-0.1, -0.05) is 172 Å². The normalized spacial score (nSPS) is 13.3. The summed E-state index contributed by atoms with van der Waals surface area (Å²) in [4.78, 5) is 16.2. The van der Waals surface area contributed by atoms with Crippen LogP contribution in [0.3, 0.4) is 0 Å². The summed E-state index contributed by atoms with van der Waals surface area (Å²) < 4.78 is 6.87. The first kappa shape index (κ1) is 33.3. The summed E-state index contributed by atoms with van der Waals surface area (Å²) in [5.41, 5.74) is 9.12. The van der Waals surface area contributed by atoms with Gasteiger partial charge in [-0.2, -0.15) is 0 Å². The van der Waals surface area contributed by atoms with E-state index in [0.29, 0.717) is 17.5 Å². The summed E-state index contributed by atoms with van der Waals surface area (Å²) in [6.07, 6.45) is 0. The zero-order valence-corrected chi connectivity index (χ0v) is 33.0. The van der Waals surface area contributed by atoms with Gasteiger partial charge in [0.15, 0.2) is 17.5 Å². The molecule has 4 nitrogen and oxygen atoms in total. The fourth-order valence-corrected chi connectivity index (χ4v) is 10.2. The van der Waals surface area contributed by atoms with Crippen LogP contribution in [0.1, 0.15) is 25.0 Å². The van der Waals surface area contributed by atoms with E-state index in [-0.39, 0.29) is 5.41 Å². The first-order chi connectivity index (χ1) is 29.5. The van der Waals surface area contributed by atoms with Crippen molar-refractivity contribution < 1.29 is 4.42 Å². The minimum atomic E-state index is -0.268. The highest BCUT2D eigenvalue weighted by Gasteiger charge is 2.39. The molecule has 0 amide bonds. The van der Waals surface area contributed by atoms with Crippen LogP contribution in [0.25, 0.3) is 121 Å². The molecule has 4 heteroatoms. The second-order valence-corrected chi connectivity index (χ2v) is 16.7. The lowest BCUT2D eigenvalue weighted by Gasteiger charge is -2.22. The van der Waals surface area contributed by atoms with Crippen molar-refractivity contribution in [2.75, 3.05) is 0 Å².